The Morgan fingerprint density at radius 2 is 2.19 bits per heavy atom. The lowest BCUT2D eigenvalue weighted by atomic mass is 10.1. The molecule has 2 rings (SSSR count). The summed E-state index contributed by atoms with van der Waals surface area (Å²) in [6, 6.07) is 7.09. The van der Waals surface area contributed by atoms with Crippen LogP contribution in [0.25, 0.3) is 0 Å². The van der Waals surface area contributed by atoms with E-state index in [4.69, 9.17) is 16.3 Å². The van der Waals surface area contributed by atoms with Crippen LogP contribution in [0.4, 0.5) is 11.5 Å². The number of methoxy groups -OCH3 is 1. The van der Waals surface area contributed by atoms with Crippen molar-refractivity contribution in [3.8, 4) is 5.75 Å². The Morgan fingerprint density at radius 1 is 1.43 bits per heavy atom. The van der Waals surface area contributed by atoms with E-state index in [0.717, 1.165) is 6.07 Å². The predicted molar refractivity (Wildman–Crippen MR) is 76.8 cm³/mol. The standard InChI is InChI=1S/C13H10ClN3O4/c1-21-11-5-4-8(7-10(11)17(19)20)13(18)16-12-9(14)3-2-6-15-12/h2-7H,1H3,(H,15,16,18). The first kappa shape index (κ1) is 14.7. The molecule has 1 heterocycles. The van der Waals surface area contributed by atoms with Crippen molar-refractivity contribution in [2.24, 2.45) is 0 Å². The van der Waals surface area contributed by atoms with Gasteiger partial charge in [0.1, 0.15) is 0 Å². The molecule has 1 aromatic heterocycles. The summed E-state index contributed by atoms with van der Waals surface area (Å²) in [6.45, 7) is 0. The Bertz CT molecular complexity index is 706. The van der Waals surface area contributed by atoms with Crippen molar-refractivity contribution in [2.45, 2.75) is 0 Å². The molecule has 0 saturated heterocycles. The number of carbonyl (C=O) groups is 1. The van der Waals surface area contributed by atoms with Gasteiger partial charge in [-0.05, 0) is 24.3 Å². The molecule has 0 spiro atoms. The molecule has 1 amide bonds. The SMILES string of the molecule is COc1ccc(C(=O)Nc2ncccc2Cl)cc1[N+](=O)[O-]. The molecule has 8 heteroatoms. The number of nitrogens with one attached hydrogen (secondary N) is 1. The predicted octanol–water partition coefficient (Wildman–Crippen LogP) is 2.90. The van der Waals surface area contributed by atoms with Crippen LogP contribution in [0.2, 0.25) is 5.02 Å². The molecule has 0 unspecified atom stereocenters. The summed E-state index contributed by atoms with van der Waals surface area (Å²) >= 11 is 5.88. The van der Waals surface area contributed by atoms with E-state index in [-0.39, 0.29) is 27.8 Å². The van der Waals surface area contributed by atoms with E-state index in [0.29, 0.717) is 0 Å². The molecule has 0 radical (unpaired) electrons. The van der Waals surface area contributed by atoms with Crippen molar-refractivity contribution < 1.29 is 14.5 Å². The number of ether oxygens (including phenoxy) is 1. The third-order valence-electron chi connectivity index (χ3n) is 2.63. The Hall–Kier alpha value is -2.67. The minimum atomic E-state index is -0.622. The van der Waals surface area contributed by atoms with Crippen molar-refractivity contribution in [3.05, 3.63) is 57.2 Å². The summed E-state index contributed by atoms with van der Waals surface area (Å²) in [5.74, 6) is -0.295. The number of rotatable bonds is 4. The second-order valence-electron chi connectivity index (χ2n) is 3.93. The molecular weight excluding hydrogens is 298 g/mol. The van der Waals surface area contributed by atoms with Crippen molar-refractivity contribution in [3.63, 3.8) is 0 Å². The van der Waals surface area contributed by atoms with Crippen LogP contribution < -0.4 is 10.1 Å². The second-order valence-corrected chi connectivity index (χ2v) is 4.34. The first-order valence-electron chi connectivity index (χ1n) is 5.77. The van der Waals surface area contributed by atoms with Crippen LogP contribution in [-0.2, 0) is 0 Å². The first-order valence-corrected chi connectivity index (χ1v) is 6.15. The third kappa shape index (κ3) is 3.26. The molecule has 1 N–H and O–H groups in total. The summed E-state index contributed by atoms with van der Waals surface area (Å²) in [6.07, 6.45) is 1.47. The fraction of sp³-hybridized carbons (Fsp3) is 0.0769. The molecule has 21 heavy (non-hydrogen) atoms. The number of carbonyl (C=O) groups excluding carboxylic acids is 1. The number of aromatic nitrogens is 1. The molecule has 0 fully saturated rings. The number of halogens is 1. The summed E-state index contributed by atoms with van der Waals surface area (Å²) in [5, 5.41) is 13.7. The number of amides is 1. The third-order valence-corrected chi connectivity index (χ3v) is 2.93. The summed E-state index contributed by atoms with van der Waals surface area (Å²) in [5.41, 5.74) is -0.193. The molecule has 7 nitrogen and oxygen atoms in total. The van der Waals surface area contributed by atoms with Gasteiger partial charge in [-0.15, -0.1) is 0 Å². The minimum Gasteiger partial charge on any atom is -0.490 e. The van der Waals surface area contributed by atoms with E-state index in [2.05, 4.69) is 10.3 Å². The first-order chi connectivity index (χ1) is 10.0. The van der Waals surface area contributed by atoms with E-state index in [1.54, 1.807) is 12.1 Å². The molecule has 0 saturated carbocycles. The number of nitro benzene ring substituents is 1. The van der Waals surface area contributed by atoms with Gasteiger partial charge in [0.2, 0.25) is 0 Å². The summed E-state index contributed by atoms with van der Waals surface area (Å²) in [7, 11) is 1.32. The minimum absolute atomic E-state index is 0.0763. The van der Waals surface area contributed by atoms with Crippen molar-refractivity contribution in [2.75, 3.05) is 12.4 Å². The number of benzene rings is 1. The van der Waals surface area contributed by atoms with Gasteiger partial charge in [-0.3, -0.25) is 14.9 Å². The molecule has 0 aliphatic carbocycles. The molecule has 2 aromatic rings. The molecular formula is C13H10ClN3O4. The molecule has 108 valence electrons. The molecule has 0 bridgehead atoms. The number of hydrogen-bond acceptors (Lipinski definition) is 5. The monoisotopic (exact) mass is 307 g/mol. The van der Waals surface area contributed by atoms with Gasteiger partial charge >= 0.3 is 5.69 Å². The van der Waals surface area contributed by atoms with E-state index in [1.807, 2.05) is 0 Å². The largest absolute Gasteiger partial charge is 0.490 e. The highest BCUT2D eigenvalue weighted by molar-refractivity contribution is 6.33. The second kappa shape index (κ2) is 6.19. The molecule has 0 aliphatic rings. The maximum absolute atomic E-state index is 12.1. The molecule has 0 atom stereocenters. The van der Waals surface area contributed by atoms with Gasteiger partial charge in [0, 0.05) is 17.8 Å². The summed E-state index contributed by atoms with van der Waals surface area (Å²) < 4.78 is 4.87. The van der Waals surface area contributed by atoms with Crippen molar-refractivity contribution >= 4 is 29.0 Å². The van der Waals surface area contributed by atoms with Gasteiger partial charge in [0.25, 0.3) is 5.91 Å². The lowest BCUT2D eigenvalue weighted by molar-refractivity contribution is -0.385. The Kier molecular flexibility index (Phi) is 4.34. The lowest BCUT2D eigenvalue weighted by Gasteiger charge is -2.07. The summed E-state index contributed by atoms with van der Waals surface area (Å²) in [4.78, 5) is 26.3. The molecule has 1 aromatic carbocycles. The van der Waals surface area contributed by atoms with Gasteiger partial charge in [0.05, 0.1) is 17.1 Å². The number of anilines is 1. The van der Waals surface area contributed by atoms with Crippen LogP contribution in [0.1, 0.15) is 10.4 Å². The fourth-order valence-corrected chi connectivity index (χ4v) is 1.80. The Balaban J connectivity index is 2.30. The van der Waals surface area contributed by atoms with Crippen LogP contribution in [-0.4, -0.2) is 22.9 Å². The highest BCUT2D eigenvalue weighted by Gasteiger charge is 2.18. The van der Waals surface area contributed by atoms with E-state index >= 15 is 0 Å². The topological polar surface area (TPSA) is 94.4 Å². The maximum Gasteiger partial charge on any atom is 0.311 e. The van der Waals surface area contributed by atoms with Gasteiger partial charge in [-0.25, -0.2) is 4.98 Å². The van der Waals surface area contributed by atoms with Crippen LogP contribution >= 0.6 is 11.6 Å². The lowest BCUT2D eigenvalue weighted by Crippen LogP contribution is -2.13. The van der Waals surface area contributed by atoms with E-state index < -0.39 is 10.8 Å². The van der Waals surface area contributed by atoms with E-state index in [1.165, 1.54) is 25.4 Å². The quantitative estimate of drug-likeness (QED) is 0.692. The van der Waals surface area contributed by atoms with Crippen LogP contribution in [0, 0.1) is 10.1 Å². The number of nitro groups is 1. The number of nitrogens with zero attached hydrogens (tertiary/aromatic N) is 2. The maximum atomic E-state index is 12.1. The normalized spacial score (nSPS) is 10.0. The Morgan fingerprint density at radius 3 is 2.81 bits per heavy atom. The van der Waals surface area contributed by atoms with Crippen LogP contribution in [0.5, 0.6) is 5.75 Å². The zero-order valence-corrected chi connectivity index (χ0v) is 11.6. The van der Waals surface area contributed by atoms with Gasteiger partial charge in [-0.1, -0.05) is 11.6 Å². The van der Waals surface area contributed by atoms with Crippen molar-refractivity contribution in [1.82, 2.24) is 4.98 Å². The van der Waals surface area contributed by atoms with Gasteiger partial charge < -0.3 is 10.1 Å². The van der Waals surface area contributed by atoms with Crippen LogP contribution in [0.15, 0.2) is 36.5 Å². The smallest absolute Gasteiger partial charge is 0.311 e. The zero-order valence-electron chi connectivity index (χ0n) is 10.9. The highest BCUT2D eigenvalue weighted by atomic mass is 35.5. The van der Waals surface area contributed by atoms with Crippen molar-refractivity contribution in [1.29, 1.82) is 0 Å². The average Bonchev–Trinajstić information content (AvgIpc) is 2.48. The fourth-order valence-electron chi connectivity index (χ4n) is 1.63. The number of hydrogen-bond donors (Lipinski definition) is 1. The number of pyridine rings is 1. The van der Waals surface area contributed by atoms with Crippen LogP contribution in [0.3, 0.4) is 0 Å². The highest BCUT2D eigenvalue weighted by Crippen LogP contribution is 2.28. The van der Waals surface area contributed by atoms with Gasteiger partial charge in [-0.2, -0.15) is 0 Å². The van der Waals surface area contributed by atoms with E-state index in [9.17, 15) is 14.9 Å². The average molecular weight is 308 g/mol. The Labute approximate surface area is 124 Å². The zero-order chi connectivity index (χ0) is 15.4. The van der Waals surface area contributed by atoms with Gasteiger partial charge in [0.15, 0.2) is 11.6 Å². The molecule has 0 aliphatic heterocycles.